The first-order chi connectivity index (χ1) is 9.58. The zero-order valence-corrected chi connectivity index (χ0v) is 14.0. The molecular weight excluding hydrogens is 248 g/mol. The average Bonchev–Trinajstić information content (AvgIpc) is 3.22. The van der Waals surface area contributed by atoms with E-state index in [1.165, 1.54) is 38.6 Å². The molecule has 2 unspecified atom stereocenters. The lowest BCUT2D eigenvalue weighted by atomic mass is 9.67. The van der Waals surface area contributed by atoms with Gasteiger partial charge in [-0.2, -0.15) is 0 Å². The van der Waals surface area contributed by atoms with Crippen LogP contribution in [0.25, 0.3) is 0 Å². The lowest BCUT2D eigenvalue weighted by molar-refractivity contribution is 0.0659. The smallest absolute Gasteiger partial charge is 0.0589 e. The summed E-state index contributed by atoms with van der Waals surface area (Å²) in [4.78, 5) is 2.69. The van der Waals surface area contributed by atoms with Gasteiger partial charge >= 0.3 is 0 Å². The lowest BCUT2D eigenvalue weighted by Crippen LogP contribution is -2.53. The maximum absolute atomic E-state index is 5.30. The van der Waals surface area contributed by atoms with Crippen molar-refractivity contribution in [3.05, 3.63) is 0 Å². The first kappa shape index (κ1) is 16.3. The Bertz CT molecular complexity index is 289. The van der Waals surface area contributed by atoms with Crippen LogP contribution in [0.5, 0.6) is 0 Å². The molecule has 2 atom stereocenters. The van der Waals surface area contributed by atoms with Gasteiger partial charge < -0.3 is 10.1 Å². The Hall–Kier alpha value is -0.120. The van der Waals surface area contributed by atoms with Crippen LogP contribution in [0.3, 0.4) is 0 Å². The first-order valence-electron chi connectivity index (χ1n) is 8.55. The summed E-state index contributed by atoms with van der Waals surface area (Å²) in [5.74, 6) is 0.802. The van der Waals surface area contributed by atoms with Crippen molar-refractivity contribution in [2.24, 2.45) is 11.3 Å². The van der Waals surface area contributed by atoms with Crippen LogP contribution >= 0.6 is 0 Å². The number of hydrogen-bond acceptors (Lipinski definition) is 3. The van der Waals surface area contributed by atoms with Crippen molar-refractivity contribution in [1.82, 2.24) is 10.2 Å². The van der Waals surface area contributed by atoms with Crippen molar-refractivity contribution in [3.8, 4) is 0 Å². The molecule has 118 valence electrons. The summed E-state index contributed by atoms with van der Waals surface area (Å²) < 4.78 is 5.30. The van der Waals surface area contributed by atoms with Crippen LogP contribution in [0.1, 0.15) is 52.9 Å². The zero-order valence-electron chi connectivity index (χ0n) is 14.0. The molecule has 2 fully saturated rings. The van der Waals surface area contributed by atoms with E-state index < -0.39 is 0 Å². The summed E-state index contributed by atoms with van der Waals surface area (Å²) in [5.41, 5.74) is 0.440. The van der Waals surface area contributed by atoms with Crippen LogP contribution < -0.4 is 5.32 Å². The molecule has 20 heavy (non-hydrogen) atoms. The van der Waals surface area contributed by atoms with Gasteiger partial charge in [0.25, 0.3) is 0 Å². The molecule has 3 nitrogen and oxygen atoms in total. The number of nitrogens with zero attached hydrogens (tertiary/aromatic N) is 1. The van der Waals surface area contributed by atoms with Crippen LogP contribution in [0, 0.1) is 11.3 Å². The highest BCUT2D eigenvalue weighted by Crippen LogP contribution is 2.40. The predicted octanol–water partition coefficient (Wildman–Crippen LogP) is 2.90. The fourth-order valence-corrected chi connectivity index (χ4v) is 4.01. The normalized spacial score (nSPS) is 29.9. The topological polar surface area (TPSA) is 24.5 Å². The summed E-state index contributed by atoms with van der Waals surface area (Å²) >= 11 is 0. The zero-order chi connectivity index (χ0) is 14.6. The van der Waals surface area contributed by atoms with E-state index in [-0.39, 0.29) is 0 Å². The van der Waals surface area contributed by atoms with E-state index in [0.29, 0.717) is 11.5 Å². The van der Waals surface area contributed by atoms with Gasteiger partial charge in [-0.3, -0.25) is 4.90 Å². The van der Waals surface area contributed by atoms with Gasteiger partial charge in [-0.1, -0.05) is 27.2 Å². The summed E-state index contributed by atoms with van der Waals surface area (Å²) in [7, 11) is 1.82. The summed E-state index contributed by atoms with van der Waals surface area (Å²) in [5, 5.41) is 3.79. The van der Waals surface area contributed by atoms with Gasteiger partial charge in [0, 0.05) is 32.3 Å². The van der Waals surface area contributed by atoms with Crippen LogP contribution in [-0.2, 0) is 4.74 Å². The molecule has 0 aromatic heterocycles. The fraction of sp³-hybridized carbons (Fsp3) is 1.00. The molecule has 2 aliphatic carbocycles. The number of rotatable bonds is 8. The van der Waals surface area contributed by atoms with Crippen molar-refractivity contribution in [1.29, 1.82) is 0 Å². The molecule has 0 heterocycles. The molecule has 3 heteroatoms. The second-order valence-electron chi connectivity index (χ2n) is 7.40. The quantitative estimate of drug-likeness (QED) is 0.741. The van der Waals surface area contributed by atoms with Crippen LogP contribution in [0.4, 0.5) is 0 Å². The molecule has 2 rings (SSSR count). The minimum Gasteiger partial charge on any atom is -0.383 e. The molecular formula is C17H34N2O. The van der Waals surface area contributed by atoms with Crippen molar-refractivity contribution in [2.75, 3.05) is 33.4 Å². The maximum atomic E-state index is 5.30. The molecule has 0 aromatic carbocycles. The minimum atomic E-state index is 0.440. The Morgan fingerprint density at radius 3 is 2.60 bits per heavy atom. The van der Waals surface area contributed by atoms with E-state index in [2.05, 4.69) is 31.0 Å². The standard InChI is InChI=1S/C17H34N2O/c1-5-18-16-14(7-6-10-17(16,2)3)13-19(11-12-20-4)15-8-9-15/h14-16,18H,5-13H2,1-4H3. The van der Waals surface area contributed by atoms with E-state index in [9.17, 15) is 0 Å². The molecule has 0 aromatic rings. The number of ether oxygens (including phenoxy) is 1. The Kier molecular flexibility index (Phi) is 5.88. The molecule has 0 aliphatic heterocycles. The molecule has 0 spiro atoms. The monoisotopic (exact) mass is 282 g/mol. The Labute approximate surface area is 125 Å². The van der Waals surface area contributed by atoms with Crippen molar-refractivity contribution in [2.45, 2.75) is 65.0 Å². The third-order valence-corrected chi connectivity index (χ3v) is 5.25. The Morgan fingerprint density at radius 2 is 2.00 bits per heavy atom. The van der Waals surface area contributed by atoms with Gasteiger partial charge in [-0.05, 0) is 43.6 Å². The van der Waals surface area contributed by atoms with Gasteiger partial charge in [-0.25, -0.2) is 0 Å². The van der Waals surface area contributed by atoms with Gasteiger partial charge in [-0.15, -0.1) is 0 Å². The van der Waals surface area contributed by atoms with E-state index >= 15 is 0 Å². The SMILES string of the molecule is CCNC1C(CN(CCOC)C2CC2)CCCC1(C)C. The van der Waals surface area contributed by atoms with E-state index in [4.69, 9.17) is 4.74 Å². The van der Waals surface area contributed by atoms with Crippen LogP contribution in [0.15, 0.2) is 0 Å². The Morgan fingerprint density at radius 1 is 1.25 bits per heavy atom. The minimum absolute atomic E-state index is 0.440. The van der Waals surface area contributed by atoms with E-state index in [1.807, 2.05) is 7.11 Å². The highest BCUT2D eigenvalue weighted by atomic mass is 16.5. The molecule has 0 radical (unpaired) electrons. The predicted molar refractivity (Wildman–Crippen MR) is 85.1 cm³/mol. The number of nitrogens with one attached hydrogen (secondary N) is 1. The van der Waals surface area contributed by atoms with Crippen molar-refractivity contribution >= 4 is 0 Å². The lowest BCUT2D eigenvalue weighted by Gasteiger charge is -2.46. The second-order valence-corrected chi connectivity index (χ2v) is 7.40. The number of methoxy groups -OCH3 is 1. The number of hydrogen-bond donors (Lipinski definition) is 1. The third kappa shape index (κ3) is 4.19. The van der Waals surface area contributed by atoms with Crippen LogP contribution in [-0.4, -0.2) is 50.3 Å². The summed E-state index contributed by atoms with van der Waals surface area (Å²) in [6.45, 7) is 11.5. The molecule has 0 bridgehead atoms. The highest BCUT2D eigenvalue weighted by molar-refractivity contribution is 4.96. The first-order valence-corrected chi connectivity index (χ1v) is 8.55. The molecule has 2 aliphatic rings. The van der Waals surface area contributed by atoms with Crippen molar-refractivity contribution in [3.63, 3.8) is 0 Å². The fourth-order valence-electron chi connectivity index (χ4n) is 4.01. The van der Waals surface area contributed by atoms with Crippen molar-refractivity contribution < 1.29 is 4.74 Å². The molecule has 2 saturated carbocycles. The maximum Gasteiger partial charge on any atom is 0.0589 e. The van der Waals surface area contributed by atoms with Gasteiger partial charge in [0.1, 0.15) is 0 Å². The molecule has 1 N–H and O–H groups in total. The Balaban J connectivity index is 1.96. The summed E-state index contributed by atoms with van der Waals surface area (Å²) in [6, 6.07) is 1.52. The van der Waals surface area contributed by atoms with Gasteiger partial charge in [0.15, 0.2) is 0 Å². The highest BCUT2D eigenvalue weighted by Gasteiger charge is 2.40. The van der Waals surface area contributed by atoms with E-state index in [1.54, 1.807) is 0 Å². The summed E-state index contributed by atoms with van der Waals surface area (Å²) in [6.07, 6.45) is 6.93. The second kappa shape index (κ2) is 7.24. The third-order valence-electron chi connectivity index (χ3n) is 5.25. The van der Waals surface area contributed by atoms with Gasteiger partial charge in [0.2, 0.25) is 0 Å². The van der Waals surface area contributed by atoms with Crippen LogP contribution in [0.2, 0.25) is 0 Å². The largest absolute Gasteiger partial charge is 0.383 e. The van der Waals surface area contributed by atoms with Gasteiger partial charge in [0.05, 0.1) is 6.61 Å². The average molecular weight is 282 g/mol. The van der Waals surface area contributed by atoms with E-state index in [0.717, 1.165) is 31.7 Å². The molecule has 0 saturated heterocycles. The molecule has 0 amide bonds.